The maximum absolute atomic E-state index is 13.2. The molecule has 0 radical (unpaired) electrons. The number of hydrogen-bond acceptors (Lipinski definition) is 5. The van der Waals surface area contributed by atoms with Gasteiger partial charge in [-0.1, -0.05) is 70.2 Å². The van der Waals surface area contributed by atoms with Crippen LogP contribution in [0, 0.1) is 0 Å². The van der Waals surface area contributed by atoms with Crippen LogP contribution in [-0.2, 0) is 4.79 Å². The first-order chi connectivity index (χ1) is 15.5. The van der Waals surface area contributed by atoms with Crippen LogP contribution in [0.5, 0.6) is 0 Å². The fourth-order valence-corrected chi connectivity index (χ4v) is 4.30. The van der Waals surface area contributed by atoms with E-state index in [1.165, 1.54) is 16.3 Å². The van der Waals surface area contributed by atoms with Gasteiger partial charge < -0.3 is 0 Å². The Bertz CT molecular complexity index is 1370. The molecule has 1 aromatic heterocycles. The third-order valence-corrected chi connectivity index (χ3v) is 6.11. The number of carbonyl (C=O) groups is 1. The van der Waals surface area contributed by atoms with Gasteiger partial charge in [0.15, 0.2) is 5.16 Å². The summed E-state index contributed by atoms with van der Waals surface area (Å²) in [6, 6.07) is 24.2. The summed E-state index contributed by atoms with van der Waals surface area (Å²) in [6.07, 6.45) is 0. The zero-order chi connectivity index (χ0) is 22.5. The Morgan fingerprint density at radius 3 is 2.59 bits per heavy atom. The van der Waals surface area contributed by atoms with Gasteiger partial charge in [-0.25, -0.2) is 10.4 Å². The van der Waals surface area contributed by atoms with E-state index < -0.39 is 0 Å². The van der Waals surface area contributed by atoms with Crippen molar-refractivity contribution in [2.24, 2.45) is 5.10 Å². The minimum Gasteiger partial charge on any atom is -0.272 e. The van der Waals surface area contributed by atoms with Gasteiger partial charge in [-0.2, -0.15) is 5.10 Å². The molecule has 0 aliphatic heterocycles. The normalized spacial score (nSPS) is 11.5. The van der Waals surface area contributed by atoms with E-state index in [1.54, 1.807) is 12.1 Å². The molecular formula is C24H19BrN4O2S. The fraction of sp³-hybridized carbons (Fsp3) is 0.0833. The second-order valence-electron chi connectivity index (χ2n) is 6.92. The van der Waals surface area contributed by atoms with Gasteiger partial charge in [0.05, 0.1) is 28.1 Å². The molecule has 0 aliphatic rings. The number of halogens is 1. The molecule has 0 unspecified atom stereocenters. The molecule has 1 heterocycles. The standard InChI is InChI=1S/C24H19BrN4O2S/c1-16(17-8-7-9-18(25)14-17)27-28-22(30)15-32-24-26-21-13-6-5-12-20(21)23(31)29(24)19-10-3-2-4-11-19/h2-14H,15H2,1H3,(H,28,30)/b27-16-. The highest BCUT2D eigenvalue weighted by Gasteiger charge is 2.14. The number of aromatic nitrogens is 2. The lowest BCUT2D eigenvalue weighted by atomic mass is 10.1. The Labute approximate surface area is 197 Å². The Kier molecular flexibility index (Phi) is 6.82. The van der Waals surface area contributed by atoms with Crippen LogP contribution in [-0.4, -0.2) is 26.9 Å². The molecule has 0 spiro atoms. The molecule has 0 fully saturated rings. The number of fused-ring (bicyclic) bond motifs is 1. The zero-order valence-electron chi connectivity index (χ0n) is 17.2. The van der Waals surface area contributed by atoms with Crippen molar-refractivity contribution in [3.05, 3.63) is 99.3 Å². The van der Waals surface area contributed by atoms with Crippen LogP contribution in [0.25, 0.3) is 16.6 Å². The van der Waals surface area contributed by atoms with Crippen molar-refractivity contribution in [1.82, 2.24) is 15.0 Å². The first kappa shape index (κ1) is 22.0. The number of nitrogens with zero attached hydrogens (tertiary/aromatic N) is 3. The molecule has 3 aromatic carbocycles. The smallest absolute Gasteiger partial charge is 0.266 e. The monoisotopic (exact) mass is 506 g/mol. The lowest BCUT2D eigenvalue weighted by Gasteiger charge is -2.13. The summed E-state index contributed by atoms with van der Waals surface area (Å²) in [5.41, 5.74) is 5.29. The molecule has 0 saturated heterocycles. The Balaban J connectivity index is 1.57. The average molecular weight is 507 g/mol. The van der Waals surface area contributed by atoms with Crippen molar-refractivity contribution in [3.63, 3.8) is 0 Å². The molecular weight excluding hydrogens is 488 g/mol. The van der Waals surface area contributed by atoms with E-state index in [0.717, 1.165) is 10.0 Å². The van der Waals surface area contributed by atoms with Gasteiger partial charge in [-0.15, -0.1) is 0 Å². The number of thioether (sulfide) groups is 1. The van der Waals surface area contributed by atoms with Gasteiger partial charge in [0, 0.05) is 4.47 Å². The van der Waals surface area contributed by atoms with Crippen LogP contribution in [0.1, 0.15) is 12.5 Å². The molecule has 8 heteroatoms. The van der Waals surface area contributed by atoms with Crippen LogP contribution in [0.3, 0.4) is 0 Å². The molecule has 32 heavy (non-hydrogen) atoms. The molecule has 0 bridgehead atoms. The average Bonchev–Trinajstić information content (AvgIpc) is 2.82. The molecule has 6 nitrogen and oxygen atoms in total. The van der Waals surface area contributed by atoms with Gasteiger partial charge in [0.25, 0.3) is 11.5 Å². The fourth-order valence-electron chi connectivity index (χ4n) is 3.10. The largest absolute Gasteiger partial charge is 0.272 e. The molecule has 1 amide bonds. The number of carbonyl (C=O) groups excluding carboxylic acids is 1. The third kappa shape index (κ3) is 4.98. The van der Waals surface area contributed by atoms with E-state index in [1.807, 2.05) is 73.7 Å². The van der Waals surface area contributed by atoms with E-state index in [9.17, 15) is 9.59 Å². The molecule has 4 aromatic rings. The van der Waals surface area contributed by atoms with Crippen LogP contribution < -0.4 is 11.0 Å². The molecule has 0 atom stereocenters. The second kappa shape index (κ2) is 9.93. The highest BCUT2D eigenvalue weighted by molar-refractivity contribution is 9.10. The Morgan fingerprint density at radius 2 is 1.81 bits per heavy atom. The Morgan fingerprint density at radius 1 is 1.06 bits per heavy atom. The van der Waals surface area contributed by atoms with Crippen LogP contribution >= 0.6 is 27.7 Å². The number of hydrogen-bond donors (Lipinski definition) is 1. The van der Waals surface area contributed by atoms with Crippen LogP contribution in [0.15, 0.2) is 98.4 Å². The van der Waals surface area contributed by atoms with Crippen molar-refractivity contribution in [1.29, 1.82) is 0 Å². The third-order valence-electron chi connectivity index (χ3n) is 4.68. The Hall–Kier alpha value is -3.23. The van der Waals surface area contributed by atoms with Gasteiger partial charge in [0.2, 0.25) is 0 Å². The second-order valence-corrected chi connectivity index (χ2v) is 8.78. The summed E-state index contributed by atoms with van der Waals surface area (Å²) in [7, 11) is 0. The van der Waals surface area contributed by atoms with Crippen molar-refractivity contribution in [2.45, 2.75) is 12.1 Å². The van der Waals surface area contributed by atoms with Gasteiger partial charge in [-0.3, -0.25) is 14.2 Å². The number of hydrazone groups is 1. The molecule has 160 valence electrons. The highest BCUT2D eigenvalue weighted by Crippen LogP contribution is 2.21. The molecule has 1 N–H and O–H groups in total. The van der Waals surface area contributed by atoms with Crippen LogP contribution in [0.4, 0.5) is 0 Å². The number of para-hydroxylation sites is 2. The zero-order valence-corrected chi connectivity index (χ0v) is 19.6. The van der Waals surface area contributed by atoms with Crippen LogP contribution in [0.2, 0.25) is 0 Å². The van der Waals surface area contributed by atoms with Crippen molar-refractivity contribution < 1.29 is 4.79 Å². The lowest BCUT2D eigenvalue weighted by molar-refractivity contribution is -0.118. The minimum atomic E-state index is -0.286. The SMILES string of the molecule is C/C(=N/NC(=O)CSc1nc2ccccc2c(=O)n1-c1ccccc1)c1cccc(Br)c1. The maximum atomic E-state index is 13.2. The minimum absolute atomic E-state index is 0.0624. The van der Waals surface area contributed by atoms with Crippen molar-refractivity contribution in [3.8, 4) is 5.69 Å². The molecule has 0 aliphatic carbocycles. The van der Waals surface area contributed by atoms with E-state index >= 15 is 0 Å². The quantitative estimate of drug-likeness (QED) is 0.176. The van der Waals surface area contributed by atoms with Crippen molar-refractivity contribution in [2.75, 3.05) is 5.75 Å². The van der Waals surface area contributed by atoms with Gasteiger partial charge in [0.1, 0.15) is 0 Å². The number of rotatable bonds is 6. The first-order valence-corrected chi connectivity index (χ1v) is 11.6. The number of benzene rings is 3. The van der Waals surface area contributed by atoms with E-state index in [2.05, 4.69) is 31.4 Å². The lowest BCUT2D eigenvalue weighted by Crippen LogP contribution is -2.24. The van der Waals surface area contributed by atoms with E-state index in [0.29, 0.717) is 27.5 Å². The summed E-state index contributed by atoms with van der Waals surface area (Å²) in [4.78, 5) is 30.3. The topological polar surface area (TPSA) is 76.3 Å². The number of amides is 1. The van der Waals surface area contributed by atoms with E-state index in [4.69, 9.17) is 0 Å². The maximum Gasteiger partial charge on any atom is 0.266 e. The summed E-state index contributed by atoms with van der Waals surface area (Å²) >= 11 is 4.62. The van der Waals surface area contributed by atoms with Gasteiger partial charge >= 0.3 is 0 Å². The highest BCUT2D eigenvalue weighted by atomic mass is 79.9. The summed E-state index contributed by atoms with van der Waals surface area (Å²) in [6.45, 7) is 1.83. The van der Waals surface area contributed by atoms with Crippen molar-refractivity contribution >= 4 is 50.2 Å². The predicted octanol–water partition coefficient (Wildman–Crippen LogP) is 4.78. The molecule has 0 saturated carbocycles. The number of nitrogens with one attached hydrogen (secondary N) is 1. The summed E-state index contributed by atoms with van der Waals surface area (Å²) in [5, 5.41) is 5.16. The first-order valence-electron chi connectivity index (χ1n) is 9.82. The predicted molar refractivity (Wildman–Crippen MR) is 133 cm³/mol. The van der Waals surface area contributed by atoms with E-state index in [-0.39, 0.29) is 17.2 Å². The summed E-state index contributed by atoms with van der Waals surface area (Å²) in [5.74, 6) is -0.223. The molecule has 4 rings (SSSR count). The van der Waals surface area contributed by atoms with Gasteiger partial charge in [-0.05, 0) is 48.9 Å². The summed E-state index contributed by atoms with van der Waals surface area (Å²) < 4.78 is 2.48.